The average Bonchev–Trinajstić information content (AvgIpc) is 2.96. The SMILES string of the molecule is COc1ccc(OC)c(C=C2C(=O)ON=C2c2ccc(Cl)cc2)c1. The summed E-state index contributed by atoms with van der Waals surface area (Å²) in [4.78, 5) is 16.9. The van der Waals surface area contributed by atoms with E-state index in [9.17, 15) is 4.79 Å². The van der Waals surface area contributed by atoms with Gasteiger partial charge in [-0.25, -0.2) is 4.79 Å². The van der Waals surface area contributed by atoms with Crippen molar-refractivity contribution >= 4 is 29.4 Å². The first-order chi connectivity index (χ1) is 11.6. The van der Waals surface area contributed by atoms with Gasteiger partial charge in [-0.05, 0) is 36.4 Å². The lowest BCUT2D eigenvalue weighted by Crippen LogP contribution is -2.07. The van der Waals surface area contributed by atoms with E-state index >= 15 is 0 Å². The number of nitrogens with zero attached hydrogens (tertiary/aromatic N) is 1. The topological polar surface area (TPSA) is 57.1 Å². The molecule has 0 aliphatic carbocycles. The maximum atomic E-state index is 12.1. The monoisotopic (exact) mass is 343 g/mol. The Morgan fingerprint density at radius 1 is 1.08 bits per heavy atom. The van der Waals surface area contributed by atoms with Crippen LogP contribution in [0, 0.1) is 0 Å². The van der Waals surface area contributed by atoms with Crippen molar-refractivity contribution in [3.8, 4) is 11.5 Å². The predicted molar refractivity (Wildman–Crippen MR) is 91.6 cm³/mol. The minimum atomic E-state index is -0.523. The summed E-state index contributed by atoms with van der Waals surface area (Å²) in [6, 6.07) is 12.3. The third kappa shape index (κ3) is 3.12. The fourth-order valence-corrected chi connectivity index (χ4v) is 2.46. The molecule has 0 aromatic heterocycles. The lowest BCUT2D eigenvalue weighted by atomic mass is 10.0. The van der Waals surface area contributed by atoms with Crippen LogP contribution in [0.1, 0.15) is 11.1 Å². The van der Waals surface area contributed by atoms with Crippen molar-refractivity contribution < 1.29 is 19.1 Å². The third-order valence-electron chi connectivity index (χ3n) is 3.55. The van der Waals surface area contributed by atoms with Crippen LogP contribution in [0.15, 0.2) is 53.2 Å². The highest BCUT2D eigenvalue weighted by Gasteiger charge is 2.27. The van der Waals surface area contributed by atoms with Gasteiger partial charge in [0.25, 0.3) is 0 Å². The summed E-state index contributed by atoms with van der Waals surface area (Å²) in [6.45, 7) is 0. The largest absolute Gasteiger partial charge is 0.497 e. The molecule has 1 heterocycles. The molecule has 0 bridgehead atoms. The number of hydrogen-bond donors (Lipinski definition) is 0. The maximum Gasteiger partial charge on any atom is 0.368 e. The van der Waals surface area contributed by atoms with Gasteiger partial charge >= 0.3 is 5.97 Å². The van der Waals surface area contributed by atoms with Crippen LogP contribution in [-0.4, -0.2) is 25.9 Å². The number of carbonyl (C=O) groups excluding carboxylic acids is 1. The number of halogens is 1. The predicted octanol–water partition coefficient (Wildman–Crippen LogP) is 3.70. The van der Waals surface area contributed by atoms with E-state index in [4.69, 9.17) is 25.9 Å². The third-order valence-corrected chi connectivity index (χ3v) is 3.80. The second kappa shape index (κ2) is 6.76. The Kier molecular flexibility index (Phi) is 4.53. The summed E-state index contributed by atoms with van der Waals surface area (Å²) < 4.78 is 10.6. The zero-order valence-corrected chi connectivity index (χ0v) is 13.8. The van der Waals surface area contributed by atoms with Crippen LogP contribution >= 0.6 is 11.6 Å². The minimum absolute atomic E-state index is 0.337. The Morgan fingerprint density at radius 3 is 2.50 bits per heavy atom. The normalized spacial score (nSPS) is 15.2. The number of carbonyl (C=O) groups is 1. The molecular weight excluding hydrogens is 330 g/mol. The summed E-state index contributed by atoms with van der Waals surface area (Å²) in [6.07, 6.45) is 1.67. The fraction of sp³-hybridized carbons (Fsp3) is 0.111. The van der Waals surface area contributed by atoms with E-state index in [0.29, 0.717) is 33.4 Å². The molecule has 2 aromatic rings. The Hall–Kier alpha value is -2.79. The van der Waals surface area contributed by atoms with Crippen LogP contribution < -0.4 is 9.47 Å². The number of rotatable bonds is 4. The van der Waals surface area contributed by atoms with Crippen molar-refractivity contribution in [3.05, 3.63) is 64.2 Å². The molecule has 0 atom stereocenters. The molecule has 0 spiro atoms. The highest BCUT2D eigenvalue weighted by atomic mass is 35.5. The van der Waals surface area contributed by atoms with Gasteiger partial charge < -0.3 is 14.3 Å². The molecule has 24 heavy (non-hydrogen) atoms. The number of ether oxygens (including phenoxy) is 2. The summed E-state index contributed by atoms with van der Waals surface area (Å²) >= 11 is 5.90. The maximum absolute atomic E-state index is 12.1. The first-order valence-electron chi connectivity index (χ1n) is 7.11. The molecule has 5 nitrogen and oxygen atoms in total. The summed E-state index contributed by atoms with van der Waals surface area (Å²) in [5.74, 6) is 0.738. The summed E-state index contributed by atoms with van der Waals surface area (Å²) in [7, 11) is 3.13. The molecule has 0 saturated heterocycles. The second-order valence-electron chi connectivity index (χ2n) is 4.99. The van der Waals surface area contributed by atoms with Gasteiger partial charge in [-0.2, -0.15) is 0 Å². The molecule has 0 amide bonds. The fourth-order valence-electron chi connectivity index (χ4n) is 2.33. The lowest BCUT2D eigenvalue weighted by Gasteiger charge is -2.08. The quantitative estimate of drug-likeness (QED) is 0.627. The molecule has 0 fully saturated rings. The molecule has 0 N–H and O–H groups in total. The lowest BCUT2D eigenvalue weighted by molar-refractivity contribution is -0.136. The van der Waals surface area contributed by atoms with Crippen molar-refractivity contribution in [2.75, 3.05) is 14.2 Å². The summed E-state index contributed by atoms with van der Waals surface area (Å²) in [5.41, 5.74) is 2.20. The zero-order valence-electron chi connectivity index (χ0n) is 13.1. The highest BCUT2D eigenvalue weighted by molar-refractivity contribution is 6.32. The van der Waals surface area contributed by atoms with Crippen LogP contribution in [-0.2, 0) is 9.63 Å². The van der Waals surface area contributed by atoms with Gasteiger partial charge in [-0.3, -0.25) is 0 Å². The molecule has 0 saturated carbocycles. The van der Waals surface area contributed by atoms with Gasteiger partial charge in [-0.15, -0.1) is 0 Å². The number of methoxy groups -OCH3 is 2. The smallest absolute Gasteiger partial charge is 0.368 e. The van der Waals surface area contributed by atoms with Gasteiger partial charge in [0.2, 0.25) is 0 Å². The van der Waals surface area contributed by atoms with Crippen LogP contribution in [0.5, 0.6) is 11.5 Å². The van der Waals surface area contributed by atoms with Crippen molar-refractivity contribution in [3.63, 3.8) is 0 Å². The van der Waals surface area contributed by atoms with Crippen LogP contribution in [0.4, 0.5) is 0 Å². The molecule has 3 rings (SSSR count). The molecule has 6 heteroatoms. The molecule has 1 aliphatic heterocycles. The van der Waals surface area contributed by atoms with Gasteiger partial charge in [-0.1, -0.05) is 28.9 Å². The van der Waals surface area contributed by atoms with Crippen molar-refractivity contribution in [2.24, 2.45) is 5.16 Å². The average molecular weight is 344 g/mol. The minimum Gasteiger partial charge on any atom is -0.497 e. The zero-order chi connectivity index (χ0) is 17.1. The Balaban J connectivity index is 2.06. The molecular formula is C18H14ClNO4. The van der Waals surface area contributed by atoms with E-state index < -0.39 is 5.97 Å². The van der Waals surface area contributed by atoms with E-state index in [1.165, 1.54) is 0 Å². The van der Waals surface area contributed by atoms with Crippen LogP contribution in [0.2, 0.25) is 5.02 Å². The highest BCUT2D eigenvalue weighted by Crippen LogP contribution is 2.29. The number of hydrogen-bond acceptors (Lipinski definition) is 5. The van der Waals surface area contributed by atoms with Gasteiger partial charge in [0, 0.05) is 16.1 Å². The summed E-state index contributed by atoms with van der Waals surface area (Å²) in [5, 5.41) is 4.48. The van der Waals surface area contributed by atoms with E-state index in [0.717, 1.165) is 5.56 Å². The molecule has 1 aliphatic rings. The van der Waals surface area contributed by atoms with Crippen molar-refractivity contribution in [1.82, 2.24) is 0 Å². The van der Waals surface area contributed by atoms with E-state index in [2.05, 4.69) is 5.16 Å². The Labute approximate surface area is 144 Å². The molecule has 0 unspecified atom stereocenters. The molecule has 0 radical (unpaired) electrons. The van der Waals surface area contributed by atoms with E-state index in [1.807, 2.05) is 0 Å². The van der Waals surface area contributed by atoms with Crippen molar-refractivity contribution in [2.45, 2.75) is 0 Å². The van der Waals surface area contributed by atoms with Crippen molar-refractivity contribution in [1.29, 1.82) is 0 Å². The van der Waals surface area contributed by atoms with E-state index in [1.54, 1.807) is 62.8 Å². The van der Waals surface area contributed by atoms with Gasteiger partial charge in [0.05, 0.1) is 19.8 Å². The van der Waals surface area contributed by atoms with Gasteiger partial charge in [0.1, 0.15) is 17.2 Å². The number of benzene rings is 2. The van der Waals surface area contributed by atoms with Crippen LogP contribution in [0.25, 0.3) is 6.08 Å². The number of oxime groups is 1. The first-order valence-corrected chi connectivity index (χ1v) is 7.49. The molecule has 122 valence electrons. The van der Waals surface area contributed by atoms with E-state index in [-0.39, 0.29) is 0 Å². The first kappa shape index (κ1) is 16.1. The Morgan fingerprint density at radius 2 is 1.83 bits per heavy atom. The van der Waals surface area contributed by atoms with Crippen LogP contribution in [0.3, 0.4) is 0 Å². The standard InChI is InChI=1S/C18H14ClNO4/c1-22-14-7-8-16(23-2)12(9-14)10-15-17(20-24-18(15)21)11-3-5-13(19)6-4-11/h3-10H,1-2H3. The Bertz CT molecular complexity index is 841. The second-order valence-corrected chi connectivity index (χ2v) is 5.43. The molecule has 2 aromatic carbocycles. The van der Waals surface area contributed by atoms with Gasteiger partial charge in [0.15, 0.2) is 0 Å².